The molecule has 2 rings (SSSR count). The minimum absolute atomic E-state index is 0.595. The van der Waals surface area contributed by atoms with Crippen molar-refractivity contribution in [2.75, 3.05) is 0 Å². The molecule has 0 saturated carbocycles. The van der Waals surface area contributed by atoms with Crippen LogP contribution in [0.2, 0.25) is 0 Å². The maximum atomic E-state index is 9.26. The molecule has 0 aliphatic heterocycles. The molecule has 5 nitrogen and oxygen atoms in total. The van der Waals surface area contributed by atoms with Crippen molar-refractivity contribution in [2.45, 2.75) is 33.6 Å². The molecule has 0 fully saturated rings. The van der Waals surface area contributed by atoms with Crippen LogP contribution in [-0.4, -0.2) is 19.6 Å². The quantitative estimate of drug-likeness (QED) is 0.827. The minimum atomic E-state index is 0.595. The Bertz CT molecular complexity index is 612. The van der Waals surface area contributed by atoms with E-state index >= 15 is 0 Å². The molecule has 2 aromatic rings. The Balaban J connectivity index is 2.69. The van der Waals surface area contributed by atoms with Gasteiger partial charge in [0.2, 0.25) is 0 Å². The van der Waals surface area contributed by atoms with E-state index in [1.165, 1.54) is 0 Å². The summed E-state index contributed by atoms with van der Waals surface area (Å²) in [6, 6.07) is 4.30. The van der Waals surface area contributed by atoms with Gasteiger partial charge in [-0.3, -0.25) is 0 Å². The highest BCUT2D eigenvalue weighted by Gasteiger charge is 2.18. The fourth-order valence-corrected chi connectivity index (χ4v) is 2.10. The number of nitriles is 1. The molecule has 0 aliphatic rings. The Hall–Kier alpha value is -2.09. The van der Waals surface area contributed by atoms with Crippen molar-refractivity contribution < 1.29 is 0 Å². The van der Waals surface area contributed by atoms with Crippen LogP contribution in [0.4, 0.5) is 0 Å². The van der Waals surface area contributed by atoms with Crippen molar-refractivity contribution in [1.82, 2.24) is 19.6 Å². The maximum absolute atomic E-state index is 9.26. The Morgan fingerprint density at radius 1 is 1.28 bits per heavy atom. The van der Waals surface area contributed by atoms with Gasteiger partial charge in [-0.25, -0.2) is 9.36 Å². The molecule has 0 radical (unpaired) electrons. The second kappa shape index (κ2) is 4.65. The lowest BCUT2D eigenvalue weighted by molar-refractivity contribution is 0.672. The van der Waals surface area contributed by atoms with Crippen molar-refractivity contribution >= 4 is 0 Å². The Morgan fingerprint density at radius 2 is 2.00 bits per heavy atom. The summed E-state index contributed by atoms with van der Waals surface area (Å²) in [5.41, 5.74) is 3.48. The summed E-state index contributed by atoms with van der Waals surface area (Å²) in [6.07, 6.45) is 1.76. The highest BCUT2D eigenvalue weighted by Crippen LogP contribution is 2.19. The van der Waals surface area contributed by atoms with Gasteiger partial charge < -0.3 is 0 Å². The molecule has 0 bridgehead atoms. The highest BCUT2D eigenvalue weighted by atomic mass is 15.4. The molecule has 0 aromatic carbocycles. The van der Waals surface area contributed by atoms with Crippen LogP contribution in [0, 0.1) is 18.3 Å². The molecule has 0 saturated heterocycles. The van der Waals surface area contributed by atoms with E-state index in [-0.39, 0.29) is 0 Å². The van der Waals surface area contributed by atoms with E-state index in [4.69, 9.17) is 0 Å². The van der Waals surface area contributed by atoms with E-state index in [9.17, 15) is 5.26 Å². The van der Waals surface area contributed by atoms with Crippen LogP contribution in [0.15, 0.2) is 6.07 Å². The first-order valence-corrected chi connectivity index (χ1v) is 6.14. The Morgan fingerprint density at radius 3 is 2.56 bits per heavy atom. The molecule has 0 N–H and O–H groups in total. The van der Waals surface area contributed by atoms with Gasteiger partial charge in [0.05, 0.1) is 11.4 Å². The summed E-state index contributed by atoms with van der Waals surface area (Å²) in [5, 5.41) is 18.1. The second-order valence-electron chi connectivity index (χ2n) is 4.27. The van der Waals surface area contributed by atoms with Gasteiger partial charge in [0.25, 0.3) is 0 Å². The van der Waals surface area contributed by atoms with Crippen molar-refractivity contribution in [2.24, 2.45) is 7.05 Å². The third-order valence-electron chi connectivity index (χ3n) is 3.06. The van der Waals surface area contributed by atoms with E-state index in [1.807, 2.05) is 18.7 Å². The molecule has 94 valence electrons. The molecule has 0 aliphatic carbocycles. The summed E-state index contributed by atoms with van der Waals surface area (Å²) in [7, 11) is 1.84. The van der Waals surface area contributed by atoms with Crippen LogP contribution < -0.4 is 0 Å². The van der Waals surface area contributed by atoms with E-state index in [0.29, 0.717) is 5.56 Å². The van der Waals surface area contributed by atoms with Gasteiger partial charge in [-0.05, 0) is 25.8 Å². The standard InChI is InChI=1S/C13H17N5/c1-5-10-7-11(6-2)18(16-10)13-12(8-14)9(3)15-17(13)4/h7H,5-6H2,1-4H3. The molecule has 5 heteroatoms. The molecular weight excluding hydrogens is 226 g/mol. The largest absolute Gasteiger partial charge is 0.250 e. The van der Waals surface area contributed by atoms with Gasteiger partial charge in [0, 0.05) is 12.7 Å². The van der Waals surface area contributed by atoms with Crippen molar-refractivity contribution in [3.8, 4) is 11.9 Å². The van der Waals surface area contributed by atoms with E-state index < -0.39 is 0 Å². The van der Waals surface area contributed by atoms with Crippen molar-refractivity contribution in [1.29, 1.82) is 5.26 Å². The van der Waals surface area contributed by atoms with Crippen LogP contribution in [0.3, 0.4) is 0 Å². The third-order valence-corrected chi connectivity index (χ3v) is 3.06. The van der Waals surface area contributed by atoms with Crippen molar-refractivity contribution in [3.05, 3.63) is 28.7 Å². The number of aryl methyl sites for hydroxylation is 4. The molecular formula is C13H17N5. The summed E-state index contributed by atoms with van der Waals surface area (Å²) < 4.78 is 3.57. The van der Waals surface area contributed by atoms with Crippen LogP contribution in [-0.2, 0) is 19.9 Å². The molecule has 0 unspecified atom stereocenters. The number of nitrogens with zero attached hydrogens (tertiary/aromatic N) is 5. The third kappa shape index (κ3) is 1.80. The fourth-order valence-electron chi connectivity index (χ4n) is 2.10. The smallest absolute Gasteiger partial charge is 0.170 e. The summed E-state index contributed by atoms with van der Waals surface area (Å²) >= 11 is 0. The van der Waals surface area contributed by atoms with E-state index in [1.54, 1.807) is 4.68 Å². The van der Waals surface area contributed by atoms with Gasteiger partial charge >= 0.3 is 0 Å². The van der Waals surface area contributed by atoms with Gasteiger partial charge in [-0.15, -0.1) is 0 Å². The number of aromatic nitrogens is 4. The zero-order valence-electron chi connectivity index (χ0n) is 11.2. The molecule has 0 spiro atoms. The molecule has 2 heterocycles. The van der Waals surface area contributed by atoms with Crippen LogP contribution in [0.5, 0.6) is 0 Å². The normalized spacial score (nSPS) is 10.6. The lowest BCUT2D eigenvalue weighted by Gasteiger charge is -2.06. The number of hydrogen-bond donors (Lipinski definition) is 0. The zero-order chi connectivity index (χ0) is 13.3. The first-order valence-electron chi connectivity index (χ1n) is 6.14. The Labute approximate surface area is 107 Å². The predicted molar refractivity (Wildman–Crippen MR) is 68.5 cm³/mol. The zero-order valence-corrected chi connectivity index (χ0v) is 11.2. The Kier molecular flexibility index (Phi) is 3.19. The SMILES string of the molecule is CCc1cc(CC)n(-c2c(C#N)c(C)nn2C)n1. The monoisotopic (exact) mass is 243 g/mol. The van der Waals surface area contributed by atoms with Crippen LogP contribution >= 0.6 is 0 Å². The lowest BCUT2D eigenvalue weighted by Crippen LogP contribution is -2.09. The van der Waals surface area contributed by atoms with Crippen LogP contribution in [0.25, 0.3) is 5.82 Å². The average Bonchev–Trinajstić information content (AvgIpc) is 2.88. The lowest BCUT2D eigenvalue weighted by atomic mass is 10.2. The van der Waals surface area contributed by atoms with Gasteiger partial charge in [-0.2, -0.15) is 15.5 Å². The summed E-state index contributed by atoms with van der Waals surface area (Å²) in [5.74, 6) is 0.756. The van der Waals surface area contributed by atoms with Gasteiger partial charge in [0.1, 0.15) is 11.6 Å². The van der Waals surface area contributed by atoms with Gasteiger partial charge in [0.15, 0.2) is 5.82 Å². The average molecular weight is 243 g/mol. The highest BCUT2D eigenvalue weighted by molar-refractivity contribution is 5.47. The second-order valence-corrected chi connectivity index (χ2v) is 4.27. The molecule has 18 heavy (non-hydrogen) atoms. The first kappa shape index (κ1) is 12.4. The van der Waals surface area contributed by atoms with E-state index in [0.717, 1.165) is 35.7 Å². The van der Waals surface area contributed by atoms with E-state index in [2.05, 4.69) is 36.2 Å². The fraction of sp³-hybridized carbons (Fsp3) is 0.462. The molecule has 0 amide bonds. The maximum Gasteiger partial charge on any atom is 0.170 e. The first-order chi connectivity index (χ1) is 8.62. The van der Waals surface area contributed by atoms with Gasteiger partial charge in [-0.1, -0.05) is 13.8 Å². The summed E-state index contributed by atoms with van der Waals surface area (Å²) in [6.45, 7) is 6.01. The van der Waals surface area contributed by atoms with Crippen LogP contribution in [0.1, 0.15) is 36.5 Å². The molecule has 0 atom stereocenters. The summed E-state index contributed by atoms with van der Waals surface area (Å²) in [4.78, 5) is 0. The molecule has 2 aromatic heterocycles. The minimum Gasteiger partial charge on any atom is -0.250 e. The predicted octanol–water partition coefficient (Wildman–Crippen LogP) is 1.91. The van der Waals surface area contributed by atoms with Crippen molar-refractivity contribution in [3.63, 3.8) is 0 Å². The number of hydrogen-bond acceptors (Lipinski definition) is 3. The topological polar surface area (TPSA) is 59.4 Å². The number of rotatable bonds is 3.